The summed E-state index contributed by atoms with van der Waals surface area (Å²) in [5.41, 5.74) is 0. The molecule has 1 aliphatic heterocycles. The number of nitrogens with zero attached hydrogens (tertiary/aromatic N) is 1. The van der Waals surface area contributed by atoms with Crippen molar-refractivity contribution in [1.82, 2.24) is 10.2 Å². The molecular formula is C5H11KN2S2. The summed E-state index contributed by atoms with van der Waals surface area (Å²) >= 11 is 8.95. The molecule has 0 amide bonds. The van der Waals surface area contributed by atoms with Crippen LogP contribution in [0.15, 0.2) is 0 Å². The van der Waals surface area contributed by atoms with Gasteiger partial charge in [0.15, 0.2) is 0 Å². The van der Waals surface area contributed by atoms with E-state index in [-0.39, 0.29) is 52.8 Å². The molecule has 54 valence electrons. The van der Waals surface area contributed by atoms with E-state index in [0.29, 0.717) is 0 Å². The smallest absolute Gasteiger partial charge is 1.00 e. The van der Waals surface area contributed by atoms with Crippen molar-refractivity contribution in [2.75, 3.05) is 26.2 Å². The minimum Gasteiger partial charge on any atom is -1.00 e. The van der Waals surface area contributed by atoms with Gasteiger partial charge in [0, 0.05) is 26.2 Å². The summed E-state index contributed by atoms with van der Waals surface area (Å²) in [4.78, 5) is 2.09. The number of nitrogens with one attached hydrogen (secondary N) is 1. The largest absolute Gasteiger partial charge is 1.00 e. The molecule has 0 aromatic carbocycles. The van der Waals surface area contributed by atoms with Gasteiger partial charge in [-0.2, -0.15) is 0 Å². The van der Waals surface area contributed by atoms with Crippen molar-refractivity contribution in [3.63, 3.8) is 0 Å². The fourth-order valence-corrected chi connectivity index (χ4v) is 1.24. The van der Waals surface area contributed by atoms with Gasteiger partial charge >= 0.3 is 51.4 Å². The van der Waals surface area contributed by atoms with Crippen molar-refractivity contribution < 1.29 is 52.8 Å². The van der Waals surface area contributed by atoms with Gasteiger partial charge < -0.3 is 11.6 Å². The number of piperazine rings is 1. The molecule has 0 unspecified atom stereocenters. The summed E-state index contributed by atoms with van der Waals surface area (Å²) in [6.45, 7) is 4.06. The second-order valence-corrected chi connectivity index (χ2v) is 3.13. The first-order valence-corrected chi connectivity index (χ1v) is 3.85. The molecule has 1 N–H and O–H groups in total. The Morgan fingerprint density at radius 1 is 1.50 bits per heavy atom. The van der Waals surface area contributed by atoms with Crippen LogP contribution in [-0.4, -0.2) is 35.4 Å². The minimum atomic E-state index is 0. The summed E-state index contributed by atoms with van der Waals surface area (Å²) in [6, 6.07) is 0. The standard InChI is InChI=1S/C5H10N2S2.K.H/c8-5(9)7-3-1-6-2-4-7;;/h6H,1-4H2,(H,8,9);;/q;+1;-1. The summed E-state index contributed by atoms with van der Waals surface area (Å²) in [5, 5.41) is 3.23. The molecule has 1 saturated heterocycles. The van der Waals surface area contributed by atoms with Crippen molar-refractivity contribution in [2.45, 2.75) is 0 Å². The average molecular weight is 202 g/mol. The molecule has 0 aliphatic carbocycles. The monoisotopic (exact) mass is 202 g/mol. The minimum absolute atomic E-state index is 0. The molecule has 0 aromatic rings. The van der Waals surface area contributed by atoms with Crippen LogP contribution in [0.4, 0.5) is 0 Å². The summed E-state index contributed by atoms with van der Waals surface area (Å²) in [6.07, 6.45) is 0. The molecular weight excluding hydrogens is 191 g/mol. The Labute approximate surface area is 116 Å². The first-order valence-electron chi connectivity index (χ1n) is 2.99. The maximum atomic E-state index is 4.88. The van der Waals surface area contributed by atoms with Gasteiger partial charge in [0.25, 0.3) is 0 Å². The fourth-order valence-electron chi connectivity index (χ4n) is 0.856. The zero-order valence-corrected chi connectivity index (χ0v) is 11.0. The van der Waals surface area contributed by atoms with Crippen molar-refractivity contribution in [3.05, 3.63) is 0 Å². The van der Waals surface area contributed by atoms with Crippen molar-refractivity contribution >= 4 is 29.2 Å². The number of rotatable bonds is 0. The van der Waals surface area contributed by atoms with Crippen LogP contribution < -0.4 is 56.7 Å². The maximum Gasteiger partial charge on any atom is 1.00 e. The zero-order valence-electron chi connectivity index (χ0n) is 7.13. The first kappa shape index (κ1) is 11.8. The molecule has 1 aliphatic rings. The van der Waals surface area contributed by atoms with Gasteiger partial charge in [-0.3, -0.25) is 0 Å². The summed E-state index contributed by atoms with van der Waals surface area (Å²) in [7, 11) is 0. The van der Waals surface area contributed by atoms with Gasteiger partial charge in [0.2, 0.25) is 0 Å². The van der Waals surface area contributed by atoms with Crippen LogP contribution in [0.1, 0.15) is 1.43 Å². The van der Waals surface area contributed by atoms with Crippen LogP contribution in [0.3, 0.4) is 0 Å². The van der Waals surface area contributed by atoms with Gasteiger partial charge in [0.1, 0.15) is 4.32 Å². The topological polar surface area (TPSA) is 15.3 Å². The zero-order chi connectivity index (χ0) is 6.69. The van der Waals surface area contributed by atoms with Crippen LogP contribution in [0.5, 0.6) is 0 Å². The van der Waals surface area contributed by atoms with Crippen LogP contribution >= 0.6 is 24.8 Å². The van der Waals surface area contributed by atoms with Crippen molar-refractivity contribution in [1.29, 1.82) is 0 Å². The molecule has 0 spiro atoms. The normalized spacial score (nSPS) is 17.9. The number of hydrogen-bond donors (Lipinski definition) is 2. The van der Waals surface area contributed by atoms with E-state index in [4.69, 9.17) is 12.2 Å². The van der Waals surface area contributed by atoms with E-state index < -0.39 is 0 Å². The van der Waals surface area contributed by atoms with Crippen LogP contribution in [0.25, 0.3) is 0 Å². The summed E-state index contributed by atoms with van der Waals surface area (Å²) in [5.74, 6) is 0. The second kappa shape index (κ2) is 6.36. The predicted octanol–water partition coefficient (Wildman–Crippen LogP) is -2.78. The molecule has 1 heterocycles. The van der Waals surface area contributed by atoms with Gasteiger partial charge in [-0.25, -0.2) is 0 Å². The maximum absolute atomic E-state index is 4.88. The Balaban J connectivity index is 0. The molecule has 2 nitrogen and oxygen atoms in total. The molecule has 1 rings (SSSR count). The predicted molar refractivity (Wildman–Crippen MR) is 47.1 cm³/mol. The van der Waals surface area contributed by atoms with Crippen LogP contribution in [0, 0.1) is 0 Å². The van der Waals surface area contributed by atoms with Gasteiger partial charge in [-0.15, -0.1) is 12.6 Å². The van der Waals surface area contributed by atoms with Crippen LogP contribution in [0.2, 0.25) is 0 Å². The summed E-state index contributed by atoms with van der Waals surface area (Å²) < 4.78 is 0.719. The Morgan fingerprint density at radius 2 is 2.00 bits per heavy atom. The molecule has 0 atom stereocenters. The Bertz CT molecular complexity index is 119. The first-order chi connectivity index (χ1) is 4.30. The third-order valence-corrected chi connectivity index (χ3v) is 1.93. The number of hydrogen-bond acceptors (Lipinski definition) is 2. The second-order valence-electron chi connectivity index (χ2n) is 2.02. The molecule has 0 bridgehead atoms. The molecule has 10 heavy (non-hydrogen) atoms. The van der Waals surface area contributed by atoms with Gasteiger partial charge in [-0.05, 0) is 0 Å². The molecule has 0 saturated carbocycles. The molecule has 1 fully saturated rings. The van der Waals surface area contributed by atoms with E-state index in [2.05, 4.69) is 22.8 Å². The van der Waals surface area contributed by atoms with Gasteiger partial charge in [-0.1, -0.05) is 12.2 Å². The number of thiol groups is 1. The third kappa shape index (κ3) is 4.01. The van der Waals surface area contributed by atoms with E-state index in [1.807, 2.05) is 0 Å². The van der Waals surface area contributed by atoms with Crippen LogP contribution in [-0.2, 0) is 0 Å². The van der Waals surface area contributed by atoms with Gasteiger partial charge in [0.05, 0.1) is 0 Å². The molecule has 0 radical (unpaired) electrons. The SMILES string of the molecule is S=C(S)N1CCNCC1.[H-].[K+]. The molecule has 0 aromatic heterocycles. The number of thiocarbonyl (C=S) groups is 1. The quantitative estimate of drug-likeness (QED) is 0.251. The Morgan fingerprint density at radius 3 is 2.30 bits per heavy atom. The molecule has 5 heteroatoms. The van der Waals surface area contributed by atoms with Crippen molar-refractivity contribution in [2.24, 2.45) is 0 Å². The van der Waals surface area contributed by atoms with E-state index in [0.717, 1.165) is 30.5 Å². The average Bonchev–Trinajstić information content (AvgIpc) is 1.90. The third-order valence-electron chi connectivity index (χ3n) is 1.39. The van der Waals surface area contributed by atoms with Crippen molar-refractivity contribution in [3.8, 4) is 0 Å². The Kier molecular flexibility index (Phi) is 7.53. The van der Waals surface area contributed by atoms with E-state index in [1.165, 1.54) is 0 Å². The fraction of sp³-hybridized carbons (Fsp3) is 0.800. The Hall–Kier alpha value is 1.84. The van der Waals surface area contributed by atoms with E-state index >= 15 is 0 Å². The van der Waals surface area contributed by atoms with E-state index in [1.54, 1.807) is 0 Å². The van der Waals surface area contributed by atoms with E-state index in [9.17, 15) is 0 Å².